The van der Waals surface area contributed by atoms with Gasteiger partial charge in [0.15, 0.2) is 17.5 Å². The van der Waals surface area contributed by atoms with Crippen LogP contribution in [0.15, 0.2) is 146 Å². The highest BCUT2D eigenvalue weighted by Gasteiger charge is 2.61. The van der Waals surface area contributed by atoms with Crippen LogP contribution in [-0.4, -0.2) is 19.9 Å². The molecule has 5 aliphatic carbocycles. The summed E-state index contributed by atoms with van der Waals surface area (Å²) in [7, 11) is 0. The summed E-state index contributed by atoms with van der Waals surface area (Å²) in [6.45, 7) is 0. The molecule has 0 unspecified atom stereocenters. The minimum atomic E-state index is 0.0379. The summed E-state index contributed by atoms with van der Waals surface area (Å²) in [6, 6.07) is 49.4. The molecule has 12 rings (SSSR count). The second kappa shape index (κ2) is 11.6. The number of pyridine rings is 1. The van der Waals surface area contributed by atoms with E-state index in [0.29, 0.717) is 29.3 Å². The van der Waals surface area contributed by atoms with Crippen LogP contribution in [0, 0.1) is 23.7 Å². The number of hydrogen-bond acceptors (Lipinski definition) is 4. The van der Waals surface area contributed by atoms with E-state index in [2.05, 4.69) is 128 Å². The van der Waals surface area contributed by atoms with E-state index in [1.807, 2.05) is 18.2 Å². The molecule has 0 N–H and O–H groups in total. The number of nitrogens with zero attached hydrogens (tertiary/aromatic N) is 4. The van der Waals surface area contributed by atoms with Gasteiger partial charge in [-0.05, 0) is 107 Å². The fourth-order valence-electron chi connectivity index (χ4n) is 10.8. The molecule has 5 aliphatic rings. The standard InChI is InChI=1S/C48H38N4/c1-4-11-32(12-5-1)35-17-10-18-36(26-35)46-50-45(34-15-8-3-9-16-34)51-47(52-46)37-19-20-42-40(27-37)41-28-44(33-13-6-2-7-14-33)49-29-43(41)48(42)38-22-30-21-31(24-38)25-39(48)23-30/h1-20,26-31,38-39H,21-25H2. The summed E-state index contributed by atoms with van der Waals surface area (Å²) in [6.07, 6.45) is 9.06. The van der Waals surface area contributed by atoms with Gasteiger partial charge in [0, 0.05) is 33.9 Å². The zero-order valence-electron chi connectivity index (χ0n) is 29.0. The molecule has 4 saturated carbocycles. The van der Waals surface area contributed by atoms with Crippen LogP contribution in [0.5, 0.6) is 0 Å². The highest BCUT2D eigenvalue weighted by Crippen LogP contribution is 2.69. The minimum Gasteiger partial charge on any atom is -0.256 e. The Morgan fingerprint density at radius 1 is 0.404 bits per heavy atom. The van der Waals surface area contributed by atoms with Crippen molar-refractivity contribution in [2.75, 3.05) is 0 Å². The topological polar surface area (TPSA) is 51.6 Å². The van der Waals surface area contributed by atoms with E-state index in [0.717, 1.165) is 45.3 Å². The lowest BCUT2D eigenvalue weighted by Gasteiger charge is -2.61. The van der Waals surface area contributed by atoms with Crippen molar-refractivity contribution < 1.29 is 0 Å². The van der Waals surface area contributed by atoms with Gasteiger partial charge in [0.05, 0.1) is 5.69 Å². The van der Waals surface area contributed by atoms with Crippen LogP contribution in [0.3, 0.4) is 0 Å². The van der Waals surface area contributed by atoms with Gasteiger partial charge < -0.3 is 0 Å². The molecule has 0 atom stereocenters. The first-order valence-electron chi connectivity index (χ1n) is 18.9. The molecular weight excluding hydrogens is 633 g/mol. The van der Waals surface area contributed by atoms with Crippen LogP contribution in [0.2, 0.25) is 0 Å². The number of hydrogen-bond donors (Lipinski definition) is 0. The molecule has 0 radical (unpaired) electrons. The number of rotatable bonds is 5. The maximum absolute atomic E-state index is 5.22. The summed E-state index contributed by atoms with van der Waals surface area (Å²) >= 11 is 0. The maximum atomic E-state index is 5.22. The number of benzene rings is 5. The van der Waals surface area contributed by atoms with E-state index in [9.17, 15) is 0 Å². The largest absolute Gasteiger partial charge is 0.256 e. The van der Waals surface area contributed by atoms with Crippen LogP contribution in [0.1, 0.15) is 43.2 Å². The normalized spacial score (nSPS) is 23.5. The van der Waals surface area contributed by atoms with Crippen LogP contribution < -0.4 is 0 Å². The molecule has 4 heteroatoms. The molecule has 0 saturated heterocycles. The van der Waals surface area contributed by atoms with Gasteiger partial charge >= 0.3 is 0 Å². The van der Waals surface area contributed by atoms with Crippen molar-refractivity contribution in [2.45, 2.75) is 37.5 Å². The summed E-state index contributed by atoms with van der Waals surface area (Å²) in [4.78, 5) is 20.6. The first kappa shape index (κ1) is 29.9. The van der Waals surface area contributed by atoms with Gasteiger partial charge in [-0.3, -0.25) is 4.98 Å². The van der Waals surface area contributed by atoms with Crippen molar-refractivity contribution in [1.29, 1.82) is 0 Å². The molecule has 2 heterocycles. The van der Waals surface area contributed by atoms with Gasteiger partial charge in [-0.25, -0.2) is 15.0 Å². The monoisotopic (exact) mass is 670 g/mol. The Kier molecular flexibility index (Phi) is 6.70. The molecule has 4 bridgehead atoms. The average Bonchev–Trinajstić information content (AvgIpc) is 3.50. The lowest BCUT2D eigenvalue weighted by Crippen LogP contribution is -2.55. The number of fused-ring (bicyclic) bond motifs is 3. The molecule has 2 aromatic heterocycles. The second-order valence-corrected chi connectivity index (χ2v) is 15.5. The highest BCUT2D eigenvalue weighted by atomic mass is 15.0. The fourth-order valence-corrected chi connectivity index (χ4v) is 10.8. The van der Waals surface area contributed by atoms with E-state index >= 15 is 0 Å². The van der Waals surface area contributed by atoms with E-state index in [4.69, 9.17) is 19.9 Å². The Hall–Kier alpha value is -5.74. The molecule has 0 aliphatic heterocycles. The lowest BCUT2D eigenvalue weighted by atomic mass is 9.43. The SMILES string of the molecule is c1ccc(-c2cccc(-c3nc(-c4ccccc4)nc(-c4ccc5c(c4)-c4cc(-c6ccccc6)ncc4C54C5CC6CC(C5)CC4C6)n3)c2)cc1. The average molecular weight is 671 g/mol. The van der Waals surface area contributed by atoms with Crippen molar-refractivity contribution in [2.24, 2.45) is 23.7 Å². The van der Waals surface area contributed by atoms with E-state index in [-0.39, 0.29) is 5.41 Å². The zero-order valence-corrected chi connectivity index (χ0v) is 29.0. The Morgan fingerprint density at radius 2 is 0.923 bits per heavy atom. The van der Waals surface area contributed by atoms with E-state index < -0.39 is 0 Å². The zero-order chi connectivity index (χ0) is 34.2. The van der Waals surface area contributed by atoms with Crippen LogP contribution in [-0.2, 0) is 5.41 Å². The van der Waals surface area contributed by atoms with Crippen molar-refractivity contribution >= 4 is 0 Å². The Bertz CT molecular complexity index is 2450. The fraction of sp³-hybridized carbons (Fsp3) is 0.208. The summed E-state index contributed by atoms with van der Waals surface area (Å²) in [5.41, 5.74) is 13.1. The third-order valence-corrected chi connectivity index (χ3v) is 12.8. The van der Waals surface area contributed by atoms with Gasteiger partial charge in [0.1, 0.15) is 0 Å². The highest BCUT2D eigenvalue weighted by molar-refractivity contribution is 5.87. The molecule has 1 spiro atoms. The molecule has 52 heavy (non-hydrogen) atoms. The predicted molar refractivity (Wildman–Crippen MR) is 208 cm³/mol. The third-order valence-electron chi connectivity index (χ3n) is 12.8. The molecule has 0 amide bonds. The first-order valence-corrected chi connectivity index (χ1v) is 18.9. The molecular formula is C48H38N4. The molecule has 4 fully saturated rings. The first-order chi connectivity index (χ1) is 25.7. The van der Waals surface area contributed by atoms with Gasteiger partial charge in [-0.15, -0.1) is 0 Å². The van der Waals surface area contributed by atoms with Gasteiger partial charge in [-0.1, -0.05) is 121 Å². The molecule has 250 valence electrons. The molecule has 7 aromatic rings. The summed E-state index contributed by atoms with van der Waals surface area (Å²) in [5, 5.41) is 0. The third kappa shape index (κ3) is 4.60. The van der Waals surface area contributed by atoms with Crippen molar-refractivity contribution in [1.82, 2.24) is 19.9 Å². The van der Waals surface area contributed by atoms with E-state index in [1.165, 1.54) is 59.9 Å². The van der Waals surface area contributed by atoms with Crippen molar-refractivity contribution in [3.63, 3.8) is 0 Å². The van der Waals surface area contributed by atoms with E-state index in [1.54, 1.807) is 0 Å². The predicted octanol–water partition coefficient (Wildman–Crippen LogP) is 11.3. The smallest absolute Gasteiger partial charge is 0.164 e. The van der Waals surface area contributed by atoms with Crippen LogP contribution in [0.25, 0.3) is 67.7 Å². The van der Waals surface area contributed by atoms with Gasteiger partial charge in [0.25, 0.3) is 0 Å². The van der Waals surface area contributed by atoms with Crippen LogP contribution >= 0.6 is 0 Å². The Labute approximate surface area is 304 Å². The Balaban J connectivity index is 1.10. The van der Waals surface area contributed by atoms with Crippen LogP contribution in [0.4, 0.5) is 0 Å². The summed E-state index contributed by atoms with van der Waals surface area (Å²) < 4.78 is 0. The summed E-state index contributed by atoms with van der Waals surface area (Å²) in [5.74, 6) is 5.17. The van der Waals surface area contributed by atoms with Crippen molar-refractivity contribution in [3.8, 4) is 67.7 Å². The quantitative estimate of drug-likeness (QED) is 0.183. The minimum absolute atomic E-state index is 0.0379. The molecule has 4 nitrogen and oxygen atoms in total. The molecule has 5 aromatic carbocycles. The maximum Gasteiger partial charge on any atom is 0.164 e. The van der Waals surface area contributed by atoms with Crippen molar-refractivity contribution in [3.05, 3.63) is 157 Å². The Morgan fingerprint density at radius 3 is 1.58 bits per heavy atom. The lowest BCUT2D eigenvalue weighted by molar-refractivity contribution is -0.0400. The van der Waals surface area contributed by atoms with Gasteiger partial charge in [0.2, 0.25) is 0 Å². The number of aromatic nitrogens is 4. The second-order valence-electron chi connectivity index (χ2n) is 15.5. The van der Waals surface area contributed by atoms with Gasteiger partial charge in [-0.2, -0.15) is 0 Å².